The van der Waals surface area contributed by atoms with Crippen molar-refractivity contribution in [1.29, 1.82) is 0 Å². The van der Waals surface area contributed by atoms with Gasteiger partial charge in [0.25, 0.3) is 0 Å². The van der Waals surface area contributed by atoms with Gasteiger partial charge < -0.3 is 20.1 Å². The zero-order valence-corrected chi connectivity index (χ0v) is 17.8. The molecule has 1 aliphatic rings. The topological polar surface area (TPSA) is 54.9 Å². The summed E-state index contributed by atoms with van der Waals surface area (Å²) in [6.07, 6.45) is 6.63. The second kappa shape index (κ2) is 13.2. The van der Waals surface area contributed by atoms with E-state index in [1.807, 2.05) is 24.3 Å². The SMILES string of the molecule is CCNC(=NCc1ccc(OC)cc1)NCCCOC1CCCC1.I. The Balaban J connectivity index is 0.00000312. The lowest BCUT2D eigenvalue weighted by molar-refractivity contribution is 0.0574. The quantitative estimate of drug-likeness (QED) is 0.255. The number of halogens is 1. The van der Waals surface area contributed by atoms with Crippen LogP contribution in [-0.4, -0.2) is 38.9 Å². The Bertz CT molecular complexity index is 488. The summed E-state index contributed by atoms with van der Waals surface area (Å²) in [4.78, 5) is 4.63. The van der Waals surface area contributed by atoms with Gasteiger partial charge in [0, 0.05) is 19.7 Å². The fraction of sp³-hybridized carbons (Fsp3) is 0.632. The van der Waals surface area contributed by atoms with Crippen molar-refractivity contribution in [2.24, 2.45) is 4.99 Å². The summed E-state index contributed by atoms with van der Waals surface area (Å²) >= 11 is 0. The molecule has 0 radical (unpaired) electrons. The molecule has 2 rings (SSSR count). The van der Waals surface area contributed by atoms with Gasteiger partial charge in [0.15, 0.2) is 5.96 Å². The number of benzene rings is 1. The third kappa shape index (κ3) is 8.76. The maximum Gasteiger partial charge on any atom is 0.191 e. The van der Waals surface area contributed by atoms with Crippen molar-refractivity contribution in [3.8, 4) is 5.75 Å². The van der Waals surface area contributed by atoms with Gasteiger partial charge in [-0.1, -0.05) is 25.0 Å². The summed E-state index contributed by atoms with van der Waals surface area (Å²) in [5.41, 5.74) is 1.16. The Kier molecular flexibility index (Phi) is 11.6. The van der Waals surface area contributed by atoms with E-state index in [9.17, 15) is 0 Å². The molecular formula is C19H32IN3O2. The molecule has 0 aliphatic heterocycles. The number of rotatable bonds is 9. The van der Waals surface area contributed by atoms with Crippen LogP contribution in [0.4, 0.5) is 0 Å². The Morgan fingerprint density at radius 1 is 1.16 bits per heavy atom. The number of hydrogen-bond donors (Lipinski definition) is 2. The van der Waals surface area contributed by atoms with Gasteiger partial charge in [-0.3, -0.25) is 0 Å². The van der Waals surface area contributed by atoms with Crippen molar-refractivity contribution < 1.29 is 9.47 Å². The number of hydrogen-bond acceptors (Lipinski definition) is 3. The average molecular weight is 461 g/mol. The first-order chi connectivity index (χ1) is 11.8. The highest BCUT2D eigenvalue weighted by Crippen LogP contribution is 2.20. The van der Waals surface area contributed by atoms with E-state index < -0.39 is 0 Å². The van der Waals surface area contributed by atoms with Crippen LogP contribution in [0.15, 0.2) is 29.3 Å². The van der Waals surface area contributed by atoms with Gasteiger partial charge in [0.1, 0.15) is 5.75 Å². The standard InChI is InChI=1S/C19H31N3O2.HI/c1-3-20-19(21-13-6-14-24-18-7-4-5-8-18)22-15-16-9-11-17(23-2)12-10-16;/h9-12,18H,3-8,13-15H2,1-2H3,(H2,20,21,22);1H. The second-order valence-electron chi connectivity index (χ2n) is 6.10. The van der Waals surface area contributed by atoms with E-state index in [1.54, 1.807) is 7.11 Å². The van der Waals surface area contributed by atoms with E-state index in [-0.39, 0.29) is 24.0 Å². The molecule has 1 aromatic rings. The van der Waals surface area contributed by atoms with Crippen LogP contribution in [0.5, 0.6) is 5.75 Å². The van der Waals surface area contributed by atoms with Crippen LogP contribution in [0.3, 0.4) is 0 Å². The van der Waals surface area contributed by atoms with Gasteiger partial charge in [-0.05, 0) is 43.9 Å². The number of ether oxygens (including phenoxy) is 2. The molecule has 0 heterocycles. The average Bonchev–Trinajstić information content (AvgIpc) is 3.13. The van der Waals surface area contributed by atoms with Gasteiger partial charge in [0.2, 0.25) is 0 Å². The minimum Gasteiger partial charge on any atom is -0.497 e. The molecule has 0 bridgehead atoms. The minimum absolute atomic E-state index is 0. The molecule has 0 spiro atoms. The normalized spacial score (nSPS) is 14.9. The molecule has 1 fully saturated rings. The smallest absolute Gasteiger partial charge is 0.191 e. The Morgan fingerprint density at radius 3 is 2.52 bits per heavy atom. The molecule has 1 aromatic carbocycles. The van der Waals surface area contributed by atoms with Crippen molar-refractivity contribution in [3.63, 3.8) is 0 Å². The monoisotopic (exact) mass is 461 g/mol. The van der Waals surface area contributed by atoms with Crippen LogP contribution < -0.4 is 15.4 Å². The molecule has 0 aromatic heterocycles. The van der Waals surface area contributed by atoms with Crippen molar-refractivity contribution in [1.82, 2.24) is 10.6 Å². The van der Waals surface area contributed by atoms with Gasteiger partial charge in [-0.2, -0.15) is 0 Å². The summed E-state index contributed by atoms with van der Waals surface area (Å²) in [6, 6.07) is 8.01. The van der Waals surface area contributed by atoms with Crippen molar-refractivity contribution >= 4 is 29.9 Å². The van der Waals surface area contributed by atoms with Crippen LogP contribution in [0.25, 0.3) is 0 Å². The number of nitrogens with zero attached hydrogens (tertiary/aromatic N) is 1. The van der Waals surface area contributed by atoms with Crippen molar-refractivity contribution in [2.75, 3.05) is 26.8 Å². The molecule has 0 atom stereocenters. The summed E-state index contributed by atoms with van der Waals surface area (Å²) in [5, 5.41) is 6.65. The van der Waals surface area contributed by atoms with E-state index in [4.69, 9.17) is 9.47 Å². The van der Waals surface area contributed by atoms with E-state index >= 15 is 0 Å². The summed E-state index contributed by atoms with van der Waals surface area (Å²) in [6.45, 7) is 5.29. The molecule has 5 nitrogen and oxygen atoms in total. The van der Waals surface area contributed by atoms with Gasteiger partial charge in [0.05, 0.1) is 19.8 Å². The highest BCUT2D eigenvalue weighted by Gasteiger charge is 2.14. The van der Waals surface area contributed by atoms with Crippen LogP contribution in [0.2, 0.25) is 0 Å². The Hall–Kier alpha value is -1.02. The molecule has 2 N–H and O–H groups in total. The zero-order chi connectivity index (χ0) is 17.0. The first-order valence-corrected chi connectivity index (χ1v) is 9.08. The number of guanidine groups is 1. The summed E-state index contributed by atoms with van der Waals surface area (Å²) in [7, 11) is 1.68. The van der Waals surface area contributed by atoms with Crippen LogP contribution in [-0.2, 0) is 11.3 Å². The third-order valence-corrected chi connectivity index (χ3v) is 4.19. The molecule has 1 saturated carbocycles. The van der Waals surface area contributed by atoms with Gasteiger partial charge in [-0.25, -0.2) is 4.99 Å². The van der Waals surface area contributed by atoms with Crippen LogP contribution in [0, 0.1) is 0 Å². The van der Waals surface area contributed by atoms with Gasteiger partial charge >= 0.3 is 0 Å². The number of methoxy groups -OCH3 is 1. The molecular weight excluding hydrogens is 429 g/mol. The van der Waals surface area contributed by atoms with Crippen molar-refractivity contribution in [2.45, 2.75) is 51.7 Å². The Morgan fingerprint density at radius 2 is 1.88 bits per heavy atom. The maximum absolute atomic E-state index is 5.88. The molecule has 0 unspecified atom stereocenters. The number of nitrogens with one attached hydrogen (secondary N) is 2. The lowest BCUT2D eigenvalue weighted by atomic mass is 10.2. The predicted octanol–water partition coefficient (Wildman–Crippen LogP) is 3.72. The second-order valence-corrected chi connectivity index (χ2v) is 6.10. The molecule has 0 amide bonds. The molecule has 25 heavy (non-hydrogen) atoms. The van der Waals surface area contributed by atoms with Crippen molar-refractivity contribution in [3.05, 3.63) is 29.8 Å². The van der Waals surface area contributed by atoms with Crippen LogP contribution >= 0.6 is 24.0 Å². The lowest BCUT2D eigenvalue weighted by Crippen LogP contribution is -2.38. The number of aliphatic imine (C=N–C) groups is 1. The predicted molar refractivity (Wildman–Crippen MR) is 114 cm³/mol. The van der Waals surface area contributed by atoms with E-state index in [1.165, 1.54) is 25.7 Å². The first kappa shape index (κ1) is 22.0. The minimum atomic E-state index is 0. The molecule has 1 aliphatic carbocycles. The lowest BCUT2D eigenvalue weighted by Gasteiger charge is -2.13. The largest absolute Gasteiger partial charge is 0.497 e. The first-order valence-electron chi connectivity index (χ1n) is 9.08. The summed E-state index contributed by atoms with van der Waals surface area (Å²) in [5.74, 6) is 1.73. The van der Waals surface area contributed by atoms with E-state index in [0.29, 0.717) is 12.6 Å². The molecule has 142 valence electrons. The molecule has 6 heteroatoms. The molecule has 0 saturated heterocycles. The van der Waals surface area contributed by atoms with Crippen LogP contribution in [0.1, 0.15) is 44.6 Å². The van der Waals surface area contributed by atoms with E-state index in [0.717, 1.165) is 43.4 Å². The highest BCUT2D eigenvalue weighted by molar-refractivity contribution is 14.0. The highest BCUT2D eigenvalue weighted by atomic mass is 127. The maximum atomic E-state index is 5.88. The fourth-order valence-electron chi connectivity index (χ4n) is 2.83. The Labute approximate surface area is 169 Å². The van der Waals surface area contributed by atoms with E-state index in [2.05, 4.69) is 22.5 Å². The summed E-state index contributed by atoms with van der Waals surface area (Å²) < 4.78 is 11.1. The third-order valence-electron chi connectivity index (χ3n) is 4.19. The zero-order valence-electron chi connectivity index (χ0n) is 15.4. The fourth-order valence-corrected chi connectivity index (χ4v) is 2.83. The van der Waals surface area contributed by atoms with Gasteiger partial charge in [-0.15, -0.1) is 24.0 Å².